The number of amides is 2. The molecule has 2 aromatic heterocycles. The van der Waals surface area contributed by atoms with E-state index >= 15 is 0 Å². The van der Waals surface area contributed by atoms with Gasteiger partial charge in [0.25, 0.3) is 0 Å². The highest BCUT2D eigenvalue weighted by Crippen LogP contribution is 2.25. The maximum Gasteiger partial charge on any atom is 0.410 e. The Morgan fingerprint density at radius 2 is 0.938 bits per heavy atom. The Morgan fingerprint density at radius 1 is 0.562 bits per heavy atom. The van der Waals surface area contributed by atoms with Crippen molar-refractivity contribution in [3.05, 3.63) is 196 Å². The molecule has 10 nitrogen and oxygen atoms in total. The normalized spacial score (nSPS) is 12.9. The number of fused-ring (bicyclic) bond motifs is 2. The smallest absolute Gasteiger partial charge is 0.410 e. The van der Waals surface area contributed by atoms with Crippen molar-refractivity contribution in [1.29, 1.82) is 5.41 Å². The maximum absolute atomic E-state index is 12.4. The van der Waals surface area contributed by atoms with Gasteiger partial charge in [-0.15, -0.1) is 0 Å². The number of ether oxygens (including phenoxy) is 2. The molecule has 0 fully saturated rings. The first-order valence-corrected chi connectivity index (χ1v) is 21.5. The van der Waals surface area contributed by atoms with E-state index in [1.54, 1.807) is 15.9 Å². The molecule has 2 aliphatic rings. The molecule has 0 aliphatic carbocycles. The van der Waals surface area contributed by atoms with Gasteiger partial charge in [0.1, 0.15) is 16.4 Å². The molecule has 0 saturated carbocycles. The lowest BCUT2D eigenvalue weighted by Gasteiger charge is -2.30. The topological polar surface area (TPSA) is 121 Å². The number of halogens is 1. The number of hydrogen-bond acceptors (Lipinski definition) is 8. The van der Waals surface area contributed by atoms with E-state index in [0.29, 0.717) is 49.3 Å². The summed E-state index contributed by atoms with van der Waals surface area (Å²) < 4.78 is 10.9. The van der Waals surface area contributed by atoms with Crippen LogP contribution in [0.3, 0.4) is 0 Å². The molecular weight excluding hydrogens is 820 g/mol. The van der Waals surface area contributed by atoms with Crippen molar-refractivity contribution >= 4 is 41.0 Å². The van der Waals surface area contributed by atoms with Crippen LogP contribution in [0.25, 0.3) is 0 Å². The molecule has 64 heavy (non-hydrogen) atoms. The summed E-state index contributed by atoms with van der Waals surface area (Å²) in [6.45, 7) is 13.5. The maximum atomic E-state index is 12.4. The molecule has 0 spiro atoms. The summed E-state index contributed by atoms with van der Waals surface area (Å²) in [6.07, 6.45) is 0.845. The molecule has 0 radical (unpaired) electrons. The van der Waals surface area contributed by atoms with Gasteiger partial charge in [0, 0.05) is 48.4 Å². The average molecular weight is 880 g/mol. The van der Waals surface area contributed by atoms with Crippen LogP contribution in [0.2, 0.25) is 5.15 Å². The van der Waals surface area contributed by atoms with Crippen molar-refractivity contribution in [3.63, 3.8) is 0 Å². The Morgan fingerprint density at radius 3 is 1.34 bits per heavy atom. The third kappa shape index (κ3) is 14.2. The second-order valence-electron chi connectivity index (χ2n) is 17.1. The fourth-order valence-electron chi connectivity index (χ4n) is 6.80. The summed E-state index contributed by atoms with van der Waals surface area (Å²) >= 11 is 5.85. The van der Waals surface area contributed by atoms with Gasteiger partial charge in [-0.2, -0.15) is 0 Å². The van der Waals surface area contributed by atoms with E-state index in [4.69, 9.17) is 36.5 Å². The molecule has 4 heterocycles. The third-order valence-corrected chi connectivity index (χ3v) is 10.0. The predicted molar refractivity (Wildman–Crippen MR) is 258 cm³/mol. The van der Waals surface area contributed by atoms with Gasteiger partial charge in [-0.1, -0.05) is 152 Å². The number of benzene rings is 4. The summed E-state index contributed by atoms with van der Waals surface area (Å²) in [7, 11) is 0. The number of pyridine rings is 2. The van der Waals surface area contributed by atoms with Crippen molar-refractivity contribution in [2.45, 2.75) is 86.1 Å². The number of aliphatic imine (C=N–C) groups is 1. The van der Waals surface area contributed by atoms with Crippen LogP contribution in [0.15, 0.2) is 151 Å². The fraction of sp³-hybridized carbons (Fsp3) is 0.283. The van der Waals surface area contributed by atoms with Crippen molar-refractivity contribution < 1.29 is 19.1 Å². The molecule has 0 atom stereocenters. The Hall–Kier alpha value is -6.65. The van der Waals surface area contributed by atoms with E-state index in [9.17, 15) is 9.59 Å². The van der Waals surface area contributed by atoms with Gasteiger partial charge in [-0.05, 0) is 75.9 Å². The van der Waals surface area contributed by atoms with Gasteiger partial charge in [-0.25, -0.2) is 24.5 Å². The van der Waals surface area contributed by atoms with E-state index in [1.807, 2.05) is 157 Å². The van der Waals surface area contributed by atoms with E-state index in [1.165, 1.54) is 0 Å². The minimum absolute atomic E-state index is 0. The van der Waals surface area contributed by atoms with Crippen LogP contribution in [0.1, 0.15) is 93.7 Å². The van der Waals surface area contributed by atoms with Gasteiger partial charge >= 0.3 is 12.2 Å². The summed E-state index contributed by atoms with van der Waals surface area (Å²) in [5, 5.41) is 8.47. The minimum atomic E-state index is -0.501. The van der Waals surface area contributed by atoms with E-state index in [0.717, 1.165) is 56.9 Å². The summed E-state index contributed by atoms with van der Waals surface area (Å²) in [5.74, 6) is 0.673. The van der Waals surface area contributed by atoms with Crippen molar-refractivity contribution in [1.82, 2.24) is 19.8 Å². The molecule has 6 aromatic rings. The molecule has 2 amide bonds. The fourth-order valence-corrected chi connectivity index (χ4v) is 6.96. The van der Waals surface area contributed by atoms with Crippen LogP contribution in [-0.2, 0) is 35.4 Å². The van der Waals surface area contributed by atoms with Crippen LogP contribution in [0.5, 0.6) is 0 Å². The van der Waals surface area contributed by atoms with Crippen molar-refractivity contribution in [3.8, 4) is 0 Å². The van der Waals surface area contributed by atoms with Crippen LogP contribution < -0.4 is 0 Å². The first-order chi connectivity index (χ1) is 30.1. The zero-order chi connectivity index (χ0) is 45.0. The van der Waals surface area contributed by atoms with Gasteiger partial charge in [-0.3, -0.25) is 5.41 Å². The van der Waals surface area contributed by atoms with Crippen LogP contribution in [0, 0.1) is 5.41 Å². The highest BCUT2D eigenvalue weighted by Gasteiger charge is 2.28. The number of carbonyl (C=O) groups is 2. The van der Waals surface area contributed by atoms with Crippen LogP contribution in [-0.4, -0.2) is 67.7 Å². The lowest BCUT2D eigenvalue weighted by Crippen LogP contribution is -2.40. The molecule has 0 unspecified atom stereocenters. The SMILES string of the molecule is C.CC(C)(C)OC(=O)N1CCc2nc(Cl)ccc2C1.CC(C)(C)OC(=O)N1CCc2nc(N=C(c3ccccc3)c3ccccc3)ccc2C1.N=C(c1ccccc1)c1ccccc1. The second kappa shape index (κ2) is 22.1. The number of rotatable bonds is 5. The highest BCUT2D eigenvalue weighted by molar-refractivity contribution is 6.29. The number of nitrogens with zero attached hydrogens (tertiary/aromatic N) is 5. The largest absolute Gasteiger partial charge is 0.444 e. The number of carbonyl (C=O) groups excluding carboxylic acids is 2. The standard InChI is InChI=1S/C26H27N3O2.C13H17ClN2O2.C13H11N.CH4/c1-26(2,3)31-25(30)29-17-16-22-21(18-29)14-15-23(27-22)28-24(19-10-6-4-7-11-19)20-12-8-5-9-13-20;1-13(2,3)18-12(17)16-7-6-10-9(8-16)4-5-11(14)15-10;14-13(11-7-3-1-4-8-11)12-9-5-2-6-10-12;/h4-15H,16-18H2,1-3H3;4-5H,6-8H2,1-3H3;1-10,14H;1H4. The van der Waals surface area contributed by atoms with Crippen molar-refractivity contribution in [2.75, 3.05) is 13.1 Å². The van der Waals surface area contributed by atoms with Gasteiger partial charge in [0.05, 0.1) is 24.5 Å². The zero-order valence-corrected chi connectivity index (χ0v) is 37.6. The van der Waals surface area contributed by atoms with E-state index in [-0.39, 0.29) is 19.6 Å². The molecule has 8 rings (SSSR count). The minimum Gasteiger partial charge on any atom is -0.444 e. The summed E-state index contributed by atoms with van der Waals surface area (Å²) in [4.78, 5) is 41.8. The van der Waals surface area contributed by atoms with Gasteiger partial charge < -0.3 is 19.3 Å². The molecule has 2 aliphatic heterocycles. The second-order valence-corrected chi connectivity index (χ2v) is 17.5. The van der Waals surface area contributed by atoms with Gasteiger partial charge in [0.2, 0.25) is 0 Å². The molecule has 4 aromatic carbocycles. The molecule has 1 N–H and O–H groups in total. The van der Waals surface area contributed by atoms with Crippen LogP contribution >= 0.6 is 11.6 Å². The first-order valence-electron chi connectivity index (χ1n) is 21.1. The Labute approximate surface area is 383 Å². The van der Waals surface area contributed by atoms with E-state index in [2.05, 4.69) is 29.2 Å². The third-order valence-electron chi connectivity index (χ3n) is 9.80. The van der Waals surface area contributed by atoms with Gasteiger partial charge in [0.15, 0.2) is 5.82 Å². The van der Waals surface area contributed by atoms with Crippen LogP contribution in [0.4, 0.5) is 15.4 Å². The summed E-state index contributed by atoms with van der Waals surface area (Å²) in [6, 6.07) is 47.4. The molecule has 0 saturated heterocycles. The Kier molecular flexibility index (Phi) is 16.7. The Bertz CT molecular complexity index is 2420. The predicted octanol–water partition coefficient (Wildman–Crippen LogP) is 12.3. The monoisotopic (exact) mass is 878 g/mol. The number of aromatic nitrogens is 2. The van der Waals surface area contributed by atoms with E-state index < -0.39 is 11.2 Å². The molecule has 0 bridgehead atoms. The molecular formula is C53H59ClN6O4. The molecule has 332 valence electrons. The highest BCUT2D eigenvalue weighted by atomic mass is 35.5. The number of hydrogen-bond donors (Lipinski definition) is 1. The quantitative estimate of drug-likeness (QED) is 0.136. The molecule has 11 heteroatoms. The lowest BCUT2D eigenvalue weighted by molar-refractivity contribution is 0.0212. The lowest BCUT2D eigenvalue weighted by atomic mass is 10.0. The zero-order valence-electron chi connectivity index (χ0n) is 36.8. The average Bonchev–Trinajstić information content (AvgIpc) is 3.28. The Balaban J connectivity index is 0.000000198. The first kappa shape index (κ1) is 48.4. The number of nitrogens with one attached hydrogen (secondary N) is 1. The van der Waals surface area contributed by atoms with Crippen molar-refractivity contribution in [2.24, 2.45) is 4.99 Å². The summed E-state index contributed by atoms with van der Waals surface area (Å²) in [5.41, 5.74) is 8.55.